The van der Waals surface area contributed by atoms with Crippen LogP contribution in [-0.4, -0.2) is 29.7 Å². The monoisotopic (exact) mass is 222 g/mol. The van der Waals surface area contributed by atoms with Crippen LogP contribution in [0.1, 0.15) is 6.42 Å². The van der Waals surface area contributed by atoms with Crippen LogP contribution in [0.25, 0.3) is 0 Å². The minimum absolute atomic E-state index is 0.740. The Morgan fingerprint density at radius 1 is 1.75 bits per heavy atom. The van der Waals surface area contributed by atoms with Gasteiger partial charge in [0.1, 0.15) is 0 Å². The van der Waals surface area contributed by atoms with Crippen molar-refractivity contribution in [2.24, 2.45) is 0 Å². The molecule has 0 amide bonds. The molecular formula is C6H10N2OS3. The molecule has 68 valence electrons. The van der Waals surface area contributed by atoms with Crippen molar-refractivity contribution in [2.45, 2.75) is 10.8 Å². The van der Waals surface area contributed by atoms with Crippen LogP contribution >= 0.6 is 35.3 Å². The van der Waals surface area contributed by atoms with Crippen LogP contribution in [0.15, 0.2) is 4.34 Å². The van der Waals surface area contributed by atoms with Gasteiger partial charge in [0.05, 0.1) is 0 Å². The number of aromatic amines is 1. The molecule has 1 rings (SSSR count). The summed E-state index contributed by atoms with van der Waals surface area (Å²) >= 11 is 8.12. The van der Waals surface area contributed by atoms with Crippen LogP contribution in [0, 0.1) is 3.95 Å². The maximum atomic E-state index is 4.93. The maximum Gasteiger partial charge on any atom is 0.177 e. The molecule has 1 heterocycles. The number of aromatic nitrogens is 2. The number of hydrogen-bond acceptors (Lipinski definition) is 5. The molecule has 6 heteroatoms. The first-order valence-electron chi connectivity index (χ1n) is 3.50. The number of nitrogens with one attached hydrogen (secondary N) is 1. The summed E-state index contributed by atoms with van der Waals surface area (Å²) in [6.45, 7) is 0.808. The van der Waals surface area contributed by atoms with Gasteiger partial charge in [0.25, 0.3) is 0 Å². The summed E-state index contributed by atoms with van der Waals surface area (Å²) in [5, 5.41) is 6.77. The predicted molar refractivity (Wildman–Crippen MR) is 54.5 cm³/mol. The highest BCUT2D eigenvalue weighted by atomic mass is 32.2. The van der Waals surface area contributed by atoms with Gasteiger partial charge in [-0.1, -0.05) is 23.1 Å². The minimum atomic E-state index is 0.740. The van der Waals surface area contributed by atoms with E-state index in [9.17, 15) is 0 Å². The predicted octanol–water partition coefficient (Wildman–Crippen LogP) is 2.33. The van der Waals surface area contributed by atoms with Gasteiger partial charge in [-0.3, -0.25) is 5.10 Å². The average Bonchev–Trinajstić information content (AvgIpc) is 2.45. The lowest BCUT2D eigenvalue weighted by molar-refractivity contribution is 0.200. The molecule has 0 aliphatic rings. The van der Waals surface area contributed by atoms with E-state index in [1.807, 2.05) is 0 Å². The molecule has 3 nitrogen and oxygen atoms in total. The summed E-state index contributed by atoms with van der Waals surface area (Å²) in [6, 6.07) is 0. The molecule has 1 aromatic heterocycles. The van der Waals surface area contributed by atoms with E-state index in [0.29, 0.717) is 0 Å². The van der Waals surface area contributed by atoms with Gasteiger partial charge >= 0.3 is 0 Å². The Morgan fingerprint density at radius 2 is 2.58 bits per heavy atom. The highest BCUT2D eigenvalue weighted by molar-refractivity contribution is 8.01. The quantitative estimate of drug-likeness (QED) is 0.471. The lowest BCUT2D eigenvalue weighted by Crippen LogP contribution is -1.89. The van der Waals surface area contributed by atoms with Gasteiger partial charge in [-0.25, -0.2) is 0 Å². The Labute approximate surface area is 84.5 Å². The Kier molecular flexibility index (Phi) is 4.82. The third-order valence-corrected chi connectivity index (χ3v) is 3.46. The largest absolute Gasteiger partial charge is 0.385 e. The molecule has 0 aliphatic heterocycles. The minimum Gasteiger partial charge on any atom is -0.385 e. The molecule has 0 saturated heterocycles. The van der Waals surface area contributed by atoms with Crippen molar-refractivity contribution in [3.63, 3.8) is 0 Å². The van der Waals surface area contributed by atoms with Gasteiger partial charge in [0.15, 0.2) is 8.29 Å². The summed E-state index contributed by atoms with van der Waals surface area (Å²) in [5.74, 6) is 1.03. The van der Waals surface area contributed by atoms with Crippen LogP contribution < -0.4 is 0 Å². The summed E-state index contributed by atoms with van der Waals surface area (Å²) < 4.78 is 6.68. The zero-order valence-corrected chi connectivity index (χ0v) is 9.15. The van der Waals surface area contributed by atoms with Crippen LogP contribution in [0.3, 0.4) is 0 Å². The second kappa shape index (κ2) is 5.69. The Bertz CT molecular complexity index is 270. The van der Waals surface area contributed by atoms with Crippen molar-refractivity contribution >= 4 is 35.3 Å². The number of nitrogens with zero attached hydrogens (tertiary/aromatic N) is 1. The molecule has 0 aliphatic carbocycles. The van der Waals surface area contributed by atoms with Gasteiger partial charge in [0.2, 0.25) is 0 Å². The molecule has 0 unspecified atom stereocenters. The summed E-state index contributed by atoms with van der Waals surface area (Å²) in [7, 11) is 1.71. The van der Waals surface area contributed by atoms with Crippen molar-refractivity contribution < 1.29 is 4.74 Å². The Hall–Kier alpha value is 0.0900. The smallest absolute Gasteiger partial charge is 0.177 e. The van der Waals surface area contributed by atoms with Crippen LogP contribution in [0.4, 0.5) is 0 Å². The molecule has 0 fully saturated rings. The maximum absolute atomic E-state index is 4.93. The van der Waals surface area contributed by atoms with E-state index in [1.54, 1.807) is 18.9 Å². The number of ether oxygens (including phenoxy) is 1. The third kappa shape index (κ3) is 3.66. The topological polar surface area (TPSA) is 37.9 Å². The molecule has 0 spiro atoms. The second-order valence-corrected chi connectivity index (χ2v) is 5.08. The van der Waals surface area contributed by atoms with E-state index >= 15 is 0 Å². The van der Waals surface area contributed by atoms with Gasteiger partial charge < -0.3 is 4.74 Å². The van der Waals surface area contributed by atoms with Gasteiger partial charge in [-0.15, -0.1) is 0 Å². The highest BCUT2D eigenvalue weighted by Gasteiger charge is 1.97. The normalized spacial score (nSPS) is 10.4. The molecule has 1 aromatic rings. The van der Waals surface area contributed by atoms with Gasteiger partial charge in [-0.2, -0.15) is 5.10 Å². The van der Waals surface area contributed by atoms with Crippen molar-refractivity contribution in [1.29, 1.82) is 0 Å². The van der Waals surface area contributed by atoms with E-state index in [1.165, 1.54) is 11.3 Å². The number of H-pyrrole nitrogens is 1. The SMILES string of the molecule is COCCCSc1n[nH]c(=S)s1. The summed E-state index contributed by atoms with van der Waals surface area (Å²) in [6.07, 6.45) is 1.05. The first-order chi connectivity index (χ1) is 5.83. The molecule has 12 heavy (non-hydrogen) atoms. The molecule has 0 bridgehead atoms. The molecule has 0 radical (unpaired) electrons. The zero-order chi connectivity index (χ0) is 8.81. The first kappa shape index (κ1) is 10.2. The van der Waals surface area contributed by atoms with E-state index in [0.717, 1.165) is 27.1 Å². The number of thioether (sulfide) groups is 1. The van der Waals surface area contributed by atoms with Crippen LogP contribution in [0.2, 0.25) is 0 Å². The fourth-order valence-corrected chi connectivity index (χ4v) is 2.71. The second-order valence-electron chi connectivity index (χ2n) is 2.07. The fourth-order valence-electron chi connectivity index (χ4n) is 0.641. The molecule has 1 N–H and O–H groups in total. The fraction of sp³-hybridized carbons (Fsp3) is 0.667. The molecular weight excluding hydrogens is 212 g/mol. The number of rotatable bonds is 5. The third-order valence-electron chi connectivity index (χ3n) is 1.14. The number of hydrogen-bond donors (Lipinski definition) is 1. The van der Waals surface area contributed by atoms with Crippen molar-refractivity contribution in [3.8, 4) is 0 Å². The first-order valence-corrected chi connectivity index (χ1v) is 5.71. The van der Waals surface area contributed by atoms with Crippen LogP contribution in [-0.2, 0) is 4.74 Å². The highest BCUT2D eigenvalue weighted by Crippen LogP contribution is 2.20. The van der Waals surface area contributed by atoms with Gasteiger partial charge in [0, 0.05) is 19.5 Å². The molecule has 0 aromatic carbocycles. The molecule has 0 atom stereocenters. The summed E-state index contributed by atoms with van der Waals surface area (Å²) in [5.41, 5.74) is 0. The summed E-state index contributed by atoms with van der Waals surface area (Å²) in [4.78, 5) is 0. The van der Waals surface area contributed by atoms with Gasteiger partial charge in [-0.05, 0) is 18.6 Å². The average molecular weight is 222 g/mol. The van der Waals surface area contributed by atoms with Crippen LogP contribution in [0.5, 0.6) is 0 Å². The van der Waals surface area contributed by atoms with E-state index in [4.69, 9.17) is 17.0 Å². The van der Waals surface area contributed by atoms with Crippen molar-refractivity contribution in [3.05, 3.63) is 3.95 Å². The molecule has 0 saturated carbocycles. The lowest BCUT2D eigenvalue weighted by Gasteiger charge is -1.95. The zero-order valence-electron chi connectivity index (χ0n) is 6.70. The lowest BCUT2D eigenvalue weighted by atomic mass is 10.5. The van der Waals surface area contributed by atoms with Crippen molar-refractivity contribution in [1.82, 2.24) is 10.2 Å². The van der Waals surface area contributed by atoms with Crippen molar-refractivity contribution in [2.75, 3.05) is 19.5 Å². The standard InChI is InChI=1S/C6H10N2OS3/c1-9-3-2-4-11-6-8-7-5(10)12-6/h2-4H2,1H3,(H,7,10). The van der Waals surface area contributed by atoms with E-state index < -0.39 is 0 Å². The van der Waals surface area contributed by atoms with E-state index in [-0.39, 0.29) is 0 Å². The Balaban J connectivity index is 2.20. The van der Waals surface area contributed by atoms with E-state index in [2.05, 4.69) is 10.2 Å². The Morgan fingerprint density at radius 3 is 3.17 bits per heavy atom. The number of methoxy groups -OCH3 is 1.